The molecule has 3 aromatic rings. The maximum atomic E-state index is 6.26. The highest BCUT2D eigenvalue weighted by molar-refractivity contribution is 6.00. The first-order valence-electron chi connectivity index (χ1n) is 13.7. The molecular weight excluding hydrogens is 470 g/mol. The van der Waals surface area contributed by atoms with E-state index < -0.39 is 0 Å². The van der Waals surface area contributed by atoms with Gasteiger partial charge in [-0.2, -0.15) is 0 Å². The molecule has 2 aliphatic rings. The van der Waals surface area contributed by atoms with Crippen LogP contribution in [-0.2, 0) is 6.54 Å². The summed E-state index contributed by atoms with van der Waals surface area (Å²) in [5.41, 5.74) is 9.54. The van der Waals surface area contributed by atoms with E-state index in [0.717, 1.165) is 66.6 Å². The Morgan fingerprint density at radius 1 is 1.16 bits per heavy atom. The highest BCUT2D eigenvalue weighted by atomic mass is 16.5. The zero-order chi connectivity index (χ0) is 27.0. The molecule has 6 nitrogen and oxygen atoms in total. The van der Waals surface area contributed by atoms with Gasteiger partial charge >= 0.3 is 0 Å². The van der Waals surface area contributed by atoms with Crippen LogP contribution < -0.4 is 4.74 Å². The van der Waals surface area contributed by atoms with Crippen molar-refractivity contribution in [1.29, 1.82) is 0 Å². The monoisotopic (exact) mass is 511 g/mol. The molecule has 1 aromatic heterocycles. The number of fused-ring (bicyclic) bond motifs is 2. The van der Waals surface area contributed by atoms with Crippen molar-refractivity contribution in [2.45, 2.75) is 53.5 Å². The van der Waals surface area contributed by atoms with Crippen molar-refractivity contribution < 1.29 is 4.74 Å². The first-order chi connectivity index (χ1) is 18.1. The van der Waals surface area contributed by atoms with Gasteiger partial charge in [0.1, 0.15) is 24.0 Å². The number of amidine groups is 1. The van der Waals surface area contributed by atoms with Crippen LogP contribution in [0.2, 0.25) is 0 Å². The predicted molar refractivity (Wildman–Crippen MR) is 158 cm³/mol. The number of aromatic amines is 1. The molecule has 0 bridgehead atoms. The van der Waals surface area contributed by atoms with Gasteiger partial charge < -0.3 is 19.5 Å². The standard InChI is InChI=1S/C32H41N5O/c1-21-12-13-32(4,5)18-27(21)31(33-22(2)19-36(6)7)37-14-15-38-30-11-9-24(16-26(30)20-37)25-8-10-28-29(17-25)35-23(3)34-28/h8-11,16-17H,2,12-15,18-20H2,1,3-7H3,(H,34,35). The van der Waals surface area contributed by atoms with Crippen LogP contribution in [0.5, 0.6) is 5.75 Å². The summed E-state index contributed by atoms with van der Waals surface area (Å²) in [6.45, 7) is 16.2. The minimum Gasteiger partial charge on any atom is -0.491 e. The summed E-state index contributed by atoms with van der Waals surface area (Å²) in [7, 11) is 4.13. The van der Waals surface area contributed by atoms with Gasteiger partial charge in [0.05, 0.1) is 17.6 Å². The largest absolute Gasteiger partial charge is 0.491 e. The molecular formula is C32H41N5O. The second-order valence-corrected chi connectivity index (χ2v) is 12.0. The number of aryl methyl sites for hydroxylation is 1. The lowest BCUT2D eigenvalue weighted by Crippen LogP contribution is -2.37. The van der Waals surface area contributed by atoms with E-state index in [2.05, 4.69) is 97.6 Å². The third-order valence-corrected chi connectivity index (χ3v) is 7.65. The average molecular weight is 512 g/mol. The molecule has 0 amide bonds. The number of nitrogens with zero attached hydrogens (tertiary/aromatic N) is 4. The van der Waals surface area contributed by atoms with Crippen LogP contribution >= 0.6 is 0 Å². The minimum absolute atomic E-state index is 0.260. The zero-order valence-electron chi connectivity index (χ0n) is 23.8. The molecule has 0 fully saturated rings. The Labute approximate surface area is 227 Å². The highest BCUT2D eigenvalue weighted by Crippen LogP contribution is 2.40. The number of aromatic nitrogens is 2. The van der Waals surface area contributed by atoms with Crippen LogP contribution in [0.15, 0.2) is 64.8 Å². The molecule has 2 heterocycles. The normalized spacial score (nSPS) is 18.0. The van der Waals surface area contributed by atoms with Gasteiger partial charge in [0, 0.05) is 24.4 Å². The van der Waals surface area contributed by atoms with Crippen molar-refractivity contribution >= 4 is 16.9 Å². The molecule has 200 valence electrons. The summed E-state index contributed by atoms with van der Waals surface area (Å²) in [4.78, 5) is 17.7. The van der Waals surface area contributed by atoms with Crippen LogP contribution in [0, 0.1) is 12.3 Å². The van der Waals surface area contributed by atoms with E-state index in [1.54, 1.807) is 0 Å². The third kappa shape index (κ3) is 5.70. The highest BCUT2D eigenvalue weighted by Gasteiger charge is 2.31. The third-order valence-electron chi connectivity index (χ3n) is 7.65. The van der Waals surface area contributed by atoms with Crippen molar-refractivity contribution in [3.8, 4) is 16.9 Å². The fourth-order valence-corrected chi connectivity index (χ4v) is 5.62. The van der Waals surface area contributed by atoms with E-state index in [4.69, 9.17) is 9.73 Å². The van der Waals surface area contributed by atoms with Crippen molar-refractivity contribution in [3.63, 3.8) is 0 Å². The molecule has 6 heteroatoms. The Bertz CT molecular complexity index is 1420. The van der Waals surface area contributed by atoms with Crippen LogP contribution in [-0.4, -0.2) is 59.4 Å². The lowest BCUT2D eigenvalue weighted by Gasteiger charge is -2.36. The molecule has 2 aromatic carbocycles. The van der Waals surface area contributed by atoms with Crippen LogP contribution in [0.1, 0.15) is 51.4 Å². The predicted octanol–water partition coefficient (Wildman–Crippen LogP) is 6.73. The number of likely N-dealkylation sites (N-methyl/N-ethyl adjacent to an activating group) is 1. The Balaban J connectivity index is 1.52. The van der Waals surface area contributed by atoms with Crippen molar-refractivity contribution in [2.24, 2.45) is 10.4 Å². The summed E-state index contributed by atoms with van der Waals surface area (Å²) in [6, 6.07) is 13.0. The van der Waals surface area contributed by atoms with Gasteiger partial charge in [-0.05, 0) is 93.6 Å². The number of ether oxygens (including phenoxy) is 1. The van der Waals surface area contributed by atoms with Gasteiger partial charge in [-0.1, -0.05) is 38.1 Å². The second-order valence-electron chi connectivity index (χ2n) is 12.0. The number of aliphatic imine (C=N–C) groups is 1. The second kappa shape index (κ2) is 10.4. The number of hydrogen-bond donors (Lipinski definition) is 1. The molecule has 5 rings (SSSR count). The number of H-pyrrole nitrogens is 1. The van der Waals surface area contributed by atoms with Crippen LogP contribution in [0.4, 0.5) is 0 Å². The minimum atomic E-state index is 0.260. The topological polar surface area (TPSA) is 56.8 Å². The summed E-state index contributed by atoms with van der Waals surface area (Å²) in [5, 5.41) is 0. The number of nitrogens with one attached hydrogen (secondary N) is 1. The molecule has 0 unspecified atom stereocenters. The summed E-state index contributed by atoms with van der Waals surface area (Å²) in [5.74, 6) is 2.95. The van der Waals surface area contributed by atoms with Crippen molar-refractivity contribution in [3.05, 3.63) is 71.2 Å². The molecule has 0 saturated heterocycles. The maximum absolute atomic E-state index is 6.26. The Hall–Kier alpha value is -3.38. The van der Waals surface area contributed by atoms with E-state index in [-0.39, 0.29) is 5.41 Å². The molecule has 1 aliphatic heterocycles. The lowest BCUT2D eigenvalue weighted by atomic mass is 9.74. The summed E-state index contributed by atoms with van der Waals surface area (Å²) >= 11 is 0. The molecule has 38 heavy (non-hydrogen) atoms. The van der Waals surface area contributed by atoms with Crippen LogP contribution in [0.25, 0.3) is 22.2 Å². The van der Waals surface area contributed by atoms with E-state index >= 15 is 0 Å². The number of benzene rings is 2. The van der Waals surface area contributed by atoms with Gasteiger partial charge in [0.2, 0.25) is 0 Å². The van der Waals surface area contributed by atoms with Gasteiger partial charge in [-0.15, -0.1) is 0 Å². The van der Waals surface area contributed by atoms with Crippen molar-refractivity contribution in [2.75, 3.05) is 33.8 Å². The molecule has 0 saturated carbocycles. The number of hydrogen-bond acceptors (Lipinski definition) is 4. The quantitative estimate of drug-likeness (QED) is 0.305. The number of imidazole rings is 1. The first kappa shape index (κ1) is 26.2. The van der Waals surface area contributed by atoms with E-state index in [1.165, 1.54) is 34.3 Å². The molecule has 1 N–H and O–H groups in total. The van der Waals surface area contributed by atoms with E-state index in [9.17, 15) is 0 Å². The number of rotatable bonds is 5. The van der Waals surface area contributed by atoms with Gasteiger partial charge in [-0.25, -0.2) is 9.98 Å². The summed E-state index contributed by atoms with van der Waals surface area (Å²) in [6.07, 6.45) is 3.35. The van der Waals surface area contributed by atoms with Gasteiger partial charge in [0.15, 0.2) is 0 Å². The average Bonchev–Trinajstić information content (AvgIpc) is 3.09. The van der Waals surface area contributed by atoms with Crippen molar-refractivity contribution in [1.82, 2.24) is 19.8 Å². The van der Waals surface area contributed by atoms with Gasteiger partial charge in [-0.3, -0.25) is 0 Å². The lowest BCUT2D eigenvalue weighted by molar-refractivity contribution is 0.284. The zero-order valence-corrected chi connectivity index (χ0v) is 23.8. The molecule has 0 radical (unpaired) electrons. The van der Waals surface area contributed by atoms with Gasteiger partial charge in [0.25, 0.3) is 0 Å². The molecule has 0 spiro atoms. The Morgan fingerprint density at radius 3 is 2.71 bits per heavy atom. The van der Waals surface area contributed by atoms with E-state index in [1.807, 2.05) is 6.92 Å². The SMILES string of the molecule is C=C(CN(C)C)N=C(C1=C(C)CCC(C)(C)C1)N1CCOc2ccc(-c3ccc4nc(C)[nH]c4c3)cc2C1. The number of allylic oxidation sites excluding steroid dienone is 1. The Morgan fingerprint density at radius 2 is 1.92 bits per heavy atom. The van der Waals surface area contributed by atoms with Crippen LogP contribution in [0.3, 0.4) is 0 Å². The maximum Gasteiger partial charge on any atom is 0.132 e. The smallest absolute Gasteiger partial charge is 0.132 e. The molecule has 0 atom stereocenters. The summed E-state index contributed by atoms with van der Waals surface area (Å²) < 4.78 is 6.26. The first-order valence-corrected chi connectivity index (χ1v) is 13.7. The Kier molecular flexibility index (Phi) is 7.19. The fraction of sp³-hybridized carbons (Fsp3) is 0.438. The fourth-order valence-electron chi connectivity index (χ4n) is 5.62. The van der Waals surface area contributed by atoms with E-state index in [0.29, 0.717) is 6.61 Å². The molecule has 1 aliphatic carbocycles.